The number of carbonyl (C=O) groups is 1. The number of pyridine rings is 1. The molecule has 4 rings (SSSR count). The van der Waals surface area contributed by atoms with E-state index in [0.717, 1.165) is 42.5 Å². The number of benzene rings is 1. The number of carbonyl (C=O) groups excluding carboxylic acids is 1. The molecule has 0 atom stereocenters. The summed E-state index contributed by atoms with van der Waals surface area (Å²) < 4.78 is 0. The fourth-order valence-corrected chi connectivity index (χ4v) is 3.53. The number of piperidine rings is 1. The molecular formula is C21H21N3O. The predicted molar refractivity (Wildman–Crippen MR) is 100 cm³/mol. The summed E-state index contributed by atoms with van der Waals surface area (Å²) in [5.41, 5.74) is 4.48. The van der Waals surface area contributed by atoms with Gasteiger partial charge in [-0.15, -0.1) is 0 Å². The molecule has 0 bridgehead atoms. The summed E-state index contributed by atoms with van der Waals surface area (Å²) in [6.45, 7) is 1.59. The minimum atomic E-state index is 0.0966. The van der Waals surface area contributed by atoms with E-state index < -0.39 is 0 Å². The summed E-state index contributed by atoms with van der Waals surface area (Å²) in [6, 6.07) is 13.9. The Kier molecular flexibility index (Phi) is 4.34. The maximum Gasteiger partial charge on any atom is 0.246 e. The molecule has 1 N–H and O–H groups in total. The van der Waals surface area contributed by atoms with Gasteiger partial charge in [-0.2, -0.15) is 0 Å². The van der Waals surface area contributed by atoms with Crippen LogP contribution in [0.15, 0.2) is 60.9 Å². The van der Waals surface area contributed by atoms with Gasteiger partial charge in [0.15, 0.2) is 0 Å². The number of nitrogens with zero attached hydrogens (tertiary/aromatic N) is 2. The topological polar surface area (TPSA) is 49.0 Å². The number of fused-ring (bicyclic) bond motifs is 1. The Labute approximate surface area is 147 Å². The first kappa shape index (κ1) is 15.6. The zero-order valence-electron chi connectivity index (χ0n) is 14.1. The lowest BCUT2D eigenvalue weighted by Crippen LogP contribution is -2.36. The van der Waals surface area contributed by atoms with Crippen molar-refractivity contribution in [1.29, 1.82) is 0 Å². The summed E-state index contributed by atoms with van der Waals surface area (Å²) in [7, 11) is 0. The fraction of sp³-hybridized carbons (Fsp3) is 0.238. The third-order valence-corrected chi connectivity index (χ3v) is 4.93. The van der Waals surface area contributed by atoms with E-state index in [9.17, 15) is 4.79 Å². The Morgan fingerprint density at radius 3 is 2.72 bits per heavy atom. The van der Waals surface area contributed by atoms with Gasteiger partial charge in [0, 0.05) is 31.6 Å². The third kappa shape index (κ3) is 3.33. The van der Waals surface area contributed by atoms with Crippen LogP contribution in [0.5, 0.6) is 0 Å². The molecule has 4 nitrogen and oxygen atoms in total. The number of aromatic nitrogens is 2. The van der Waals surface area contributed by atoms with Crippen molar-refractivity contribution < 1.29 is 4.79 Å². The van der Waals surface area contributed by atoms with E-state index in [-0.39, 0.29) is 5.91 Å². The number of aromatic amines is 1. The molecule has 2 aromatic heterocycles. The van der Waals surface area contributed by atoms with E-state index in [1.807, 2.05) is 53.6 Å². The highest BCUT2D eigenvalue weighted by Gasteiger charge is 2.24. The van der Waals surface area contributed by atoms with Crippen molar-refractivity contribution >= 4 is 23.0 Å². The van der Waals surface area contributed by atoms with Crippen LogP contribution in [-0.2, 0) is 4.79 Å². The van der Waals surface area contributed by atoms with E-state index in [0.29, 0.717) is 5.92 Å². The lowest BCUT2D eigenvalue weighted by molar-refractivity contribution is -0.126. The van der Waals surface area contributed by atoms with Crippen molar-refractivity contribution in [2.45, 2.75) is 18.8 Å². The molecule has 1 aromatic carbocycles. The van der Waals surface area contributed by atoms with E-state index in [4.69, 9.17) is 0 Å². The normalized spacial score (nSPS) is 15.9. The van der Waals surface area contributed by atoms with Crippen LogP contribution in [0.3, 0.4) is 0 Å². The summed E-state index contributed by atoms with van der Waals surface area (Å²) in [5, 5.41) is 0. The molecule has 1 fully saturated rings. The van der Waals surface area contributed by atoms with Gasteiger partial charge in [0.05, 0.1) is 11.0 Å². The molecule has 1 amide bonds. The molecule has 1 aliphatic heterocycles. The number of nitrogens with one attached hydrogen (secondary N) is 1. The standard InChI is InChI=1S/C21H21N3O/c25-20(9-8-16-5-2-1-3-6-16)24-13-10-17(11-14-24)18-15-23-19-7-4-12-22-21(18)19/h1-9,12,15,17,23H,10-11,13-14H2/b9-8+. The van der Waals surface area contributed by atoms with Crippen molar-refractivity contribution in [1.82, 2.24) is 14.9 Å². The molecule has 25 heavy (non-hydrogen) atoms. The molecule has 1 aliphatic rings. The van der Waals surface area contributed by atoms with Gasteiger partial charge in [-0.3, -0.25) is 9.78 Å². The Balaban J connectivity index is 1.39. The Hall–Kier alpha value is -2.88. The Morgan fingerprint density at radius 2 is 1.92 bits per heavy atom. The molecule has 126 valence electrons. The highest BCUT2D eigenvalue weighted by atomic mass is 16.2. The minimum Gasteiger partial charge on any atom is -0.360 e. The molecule has 4 heteroatoms. The van der Waals surface area contributed by atoms with Crippen LogP contribution in [0.25, 0.3) is 17.1 Å². The summed E-state index contributed by atoms with van der Waals surface area (Å²) in [5.74, 6) is 0.560. The van der Waals surface area contributed by atoms with Crippen LogP contribution < -0.4 is 0 Å². The van der Waals surface area contributed by atoms with Crippen molar-refractivity contribution in [3.8, 4) is 0 Å². The van der Waals surface area contributed by atoms with E-state index in [1.54, 1.807) is 6.08 Å². The molecule has 0 unspecified atom stereocenters. The number of likely N-dealkylation sites (tertiary alicyclic amines) is 1. The zero-order valence-corrected chi connectivity index (χ0v) is 14.1. The summed E-state index contributed by atoms with van der Waals surface area (Å²) in [6.07, 6.45) is 9.45. The number of H-pyrrole nitrogens is 1. The molecule has 3 aromatic rings. The highest BCUT2D eigenvalue weighted by Crippen LogP contribution is 2.32. The minimum absolute atomic E-state index is 0.0966. The third-order valence-electron chi connectivity index (χ3n) is 4.93. The van der Waals surface area contributed by atoms with Crippen LogP contribution in [0.4, 0.5) is 0 Å². The predicted octanol–water partition coefficient (Wildman–Crippen LogP) is 3.98. The average molecular weight is 331 g/mol. The fourth-order valence-electron chi connectivity index (χ4n) is 3.53. The van der Waals surface area contributed by atoms with Gasteiger partial charge in [0.1, 0.15) is 0 Å². The van der Waals surface area contributed by atoms with Gasteiger partial charge in [-0.05, 0) is 48.1 Å². The lowest BCUT2D eigenvalue weighted by atomic mass is 9.90. The first-order valence-electron chi connectivity index (χ1n) is 8.75. The molecule has 0 radical (unpaired) electrons. The number of amides is 1. The SMILES string of the molecule is O=C(/C=C/c1ccccc1)N1CCC(c2c[nH]c3cccnc23)CC1. The van der Waals surface area contributed by atoms with E-state index in [1.165, 1.54) is 5.56 Å². The number of hydrogen-bond acceptors (Lipinski definition) is 2. The van der Waals surface area contributed by atoms with Crippen molar-refractivity contribution in [2.75, 3.05) is 13.1 Å². The maximum atomic E-state index is 12.4. The lowest BCUT2D eigenvalue weighted by Gasteiger charge is -2.31. The number of hydrogen-bond donors (Lipinski definition) is 1. The molecular weight excluding hydrogens is 310 g/mol. The van der Waals surface area contributed by atoms with Crippen molar-refractivity contribution in [3.63, 3.8) is 0 Å². The van der Waals surface area contributed by atoms with Gasteiger partial charge < -0.3 is 9.88 Å². The largest absolute Gasteiger partial charge is 0.360 e. The highest BCUT2D eigenvalue weighted by molar-refractivity contribution is 5.91. The van der Waals surface area contributed by atoms with Gasteiger partial charge in [0.25, 0.3) is 0 Å². The van der Waals surface area contributed by atoms with Gasteiger partial charge in [0.2, 0.25) is 5.91 Å². The van der Waals surface area contributed by atoms with Gasteiger partial charge in [-0.1, -0.05) is 30.3 Å². The van der Waals surface area contributed by atoms with E-state index >= 15 is 0 Å². The van der Waals surface area contributed by atoms with Crippen LogP contribution >= 0.6 is 0 Å². The van der Waals surface area contributed by atoms with Crippen LogP contribution in [-0.4, -0.2) is 33.9 Å². The smallest absolute Gasteiger partial charge is 0.246 e. The molecule has 0 saturated carbocycles. The quantitative estimate of drug-likeness (QED) is 0.738. The second-order valence-corrected chi connectivity index (χ2v) is 6.49. The van der Waals surface area contributed by atoms with Crippen LogP contribution in [0, 0.1) is 0 Å². The Bertz CT molecular complexity index is 890. The van der Waals surface area contributed by atoms with Crippen LogP contribution in [0.2, 0.25) is 0 Å². The molecule has 1 saturated heterocycles. The average Bonchev–Trinajstić information content (AvgIpc) is 3.11. The first-order chi connectivity index (χ1) is 12.3. The van der Waals surface area contributed by atoms with Gasteiger partial charge in [-0.25, -0.2) is 0 Å². The summed E-state index contributed by atoms with van der Waals surface area (Å²) >= 11 is 0. The number of rotatable bonds is 3. The van der Waals surface area contributed by atoms with E-state index in [2.05, 4.69) is 22.2 Å². The molecule has 0 aliphatic carbocycles. The second-order valence-electron chi connectivity index (χ2n) is 6.49. The van der Waals surface area contributed by atoms with Crippen LogP contribution in [0.1, 0.15) is 29.9 Å². The first-order valence-corrected chi connectivity index (χ1v) is 8.75. The van der Waals surface area contributed by atoms with Crippen molar-refractivity contribution in [2.24, 2.45) is 0 Å². The second kappa shape index (κ2) is 6.93. The molecule has 3 heterocycles. The van der Waals surface area contributed by atoms with Gasteiger partial charge >= 0.3 is 0 Å². The maximum absolute atomic E-state index is 12.4. The Morgan fingerprint density at radius 1 is 1.12 bits per heavy atom. The monoisotopic (exact) mass is 331 g/mol. The summed E-state index contributed by atoms with van der Waals surface area (Å²) in [4.78, 5) is 22.2. The van der Waals surface area contributed by atoms with Crippen molar-refractivity contribution in [3.05, 3.63) is 72.1 Å². The zero-order chi connectivity index (χ0) is 17.1. The molecule has 0 spiro atoms.